The maximum atomic E-state index is 13.8. The normalized spacial score (nSPS) is 11.5. The molecule has 0 amide bonds. The van der Waals surface area contributed by atoms with Crippen molar-refractivity contribution in [2.75, 3.05) is 0 Å². The lowest BCUT2D eigenvalue weighted by atomic mass is 10.1. The van der Waals surface area contributed by atoms with Gasteiger partial charge >= 0.3 is 12.1 Å². The lowest BCUT2D eigenvalue weighted by Crippen LogP contribution is -2.16. The highest BCUT2D eigenvalue weighted by atomic mass is 35.5. The van der Waals surface area contributed by atoms with Crippen molar-refractivity contribution in [3.8, 4) is 17.2 Å². The van der Waals surface area contributed by atoms with Crippen LogP contribution in [-0.2, 0) is 6.18 Å². The van der Waals surface area contributed by atoms with Crippen molar-refractivity contribution >= 4 is 28.5 Å². The third kappa shape index (κ3) is 4.77. The average molecular weight is 489 g/mol. The van der Waals surface area contributed by atoms with Gasteiger partial charge < -0.3 is 13.9 Å². The summed E-state index contributed by atoms with van der Waals surface area (Å²) in [6.07, 6.45) is -5.02. The van der Waals surface area contributed by atoms with Crippen LogP contribution in [0.2, 0.25) is 5.02 Å². The van der Waals surface area contributed by atoms with Gasteiger partial charge in [-0.2, -0.15) is 13.2 Å². The van der Waals surface area contributed by atoms with Gasteiger partial charge in [0.2, 0.25) is 11.2 Å². The summed E-state index contributed by atoms with van der Waals surface area (Å²) in [5.74, 6) is -3.46. The van der Waals surface area contributed by atoms with E-state index in [2.05, 4.69) is 0 Å². The Morgan fingerprint density at radius 2 is 1.62 bits per heavy atom. The molecule has 1 aromatic heterocycles. The van der Waals surface area contributed by atoms with Gasteiger partial charge in [0.15, 0.2) is 0 Å². The summed E-state index contributed by atoms with van der Waals surface area (Å²) in [5, 5.41) is -0.0303. The van der Waals surface area contributed by atoms with E-state index in [1.165, 1.54) is 36.4 Å². The number of carbonyl (C=O) groups is 1. The largest absolute Gasteiger partial charge is 0.453 e. The minimum Gasteiger partial charge on any atom is -0.449 e. The molecule has 0 radical (unpaired) electrons. The van der Waals surface area contributed by atoms with E-state index in [4.69, 9.17) is 25.5 Å². The van der Waals surface area contributed by atoms with Gasteiger partial charge in [-0.1, -0.05) is 29.8 Å². The van der Waals surface area contributed by atoms with Crippen LogP contribution in [0.1, 0.15) is 27.2 Å². The monoisotopic (exact) mass is 488 g/mol. The number of benzene rings is 3. The highest BCUT2D eigenvalue weighted by molar-refractivity contribution is 6.33. The smallest absolute Gasteiger partial charge is 0.449 e. The average Bonchev–Trinajstić information content (AvgIpc) is 2.74. The van der Waals surface area contributed by atoms with Crippen LogP contribution < -0.4 is 14.9 Å². The second kappa shape index (κ2) is 8.87. The molecule has 9 heteroatoms. The number of hydrogen-bond acceptors (Lipinski definition) is 5. The molecule has 3 aromatic carbocycles. The van der Waals surface area contributed by atoms with Crippen molar-refractivity contribution in [1.29, 1.82) is 0 Å². The number of carbonyl (C=O) groups excluding carboxylic acids is 1. The first-order chi connectivity index (χ1) is 16.0. The molecule has 0 atom stereocenters. The Morgan fingerprint density at radius 3 is 2.26 bits per heavy atom. The highest BCUT2D eigenvalue weighted by Gasteiger charge is 2.40. The Labute approximate surface area is 196 Å². The van der Waals surface area contributed by atoms with E-state index in [9.17, 15) is 22.8 Å². The molecular formula is C25H16ClF3O5. The van der Waals surface area contributed by atoms with E-state index >= 15 is 0 Å². The van der Waals surface area contributed by atoms with Gasteiger partial charge in [0, 0.05) is 6.07 Å². The maximum absolute atomic E-state index is 13.8. The third-order valence-electron chi connectivity index (χ3n) is 4.80. The molecule has 4 rings (SSSR count). The van der Waals surface area contributed by atoms with E-state index in [0.717, 1.165) is 17.2 Å². The molecular weight excluding hydrogens is 473 g/mol. The lowest BCUT2D eigenvalue weighted by Gasteiger charge is -2.14. The predicted molar refractivity (Wildman–Crippen MR) is 120 cm³/mol. The standard InChI is InChI=1S/C25H16ClF3O5/c1-13-9-14(2)11-16(10-13)32-22-21(30)18-8-7-15(12-20(18)34-23(22)25(27,28)29)33-24(31)17-5-3-4-6-19(17)26/h3-12H,1-2H3. The molecule has 1 heterocycles. The van der Waals surface area contributed by atoms with E-state index < -0.39 is 34.7 Å². The van der Waals surface area contributed by atoms with Crippen LogP contribution in [0.25, 0.3) is 11.0 Å². The van der Waals surface area contributed by atoms with Gasteiger partial charge in [-0.05, 0) is 61.4 Å². The summed E-state index contributed by atoms with van der Waals surface area (Å²) >= 11 is 5.98. The number of halogens is 4. The molecule has 0 spiro atoms. The number of ether oxygens (including phenoxy) is 2. The number of alkyl halides is 3. The van der Waals surface area contributed by atoms with Crippen molar-refractivity contribution in [2.45, 2.75) is 20.0 Å². The lowest BCUT2D eigenvalue weighted by molar-refractivity contribution is -0.154. The first-order valence-electron chi connectivity index (χ1n) is 9.94. The van der Waals surface area contributed by atoms with Crippen LogP contribution in [0.15, 0.2) is 69.9 Å². The minimum absolute atomic E-state index is 0.0684. The van der Waals surface area contributed by atoms with E-state index in [-0.39, 0.29) is 27.5 Å². The fourth-order valence-electron chi connectivity index (χ4n) is 3.40. The number of rotatable bonds is 4. The summed E-state index contributed by atoms with van der Waals surface area (Å²) in [7, 11) is 0. The minimum atomic E-state index is -5.02. The molecule has 4 aromatic rings. The van der Waals surface area contributed by atoms with Crippen LogP contribution in [-0.4, -0.2) is 5.97 Å². The molecule has 34 heavy (non-hydrogen) atoms. The Bertz CT molecular complexity index is 1450. The highest BCUT2D eigenvalue weighted by Crippen LogP contribution is 2.39. The van der Waals surface area contributed by atoms with Crippen molar-refractivity contribution < 1.29 is 31.9 Å². The molecule has 174 valence electrons. The molecule has 0 N–H and O–H groups in total. The molecule has 0 unspecified atom stereocenters. The van der Waals surface area contributed by atoms with Gasteiger partial charge in [0.25, 0.3) is 5.76 Å². The first kappa shape index (κ1) is 23.4. The molecule has 0 fully saturated rings. The summed E-state index contributed by atoms with van der Waals surface area (Å²) in [4.78, 5) is 25.3. The van der Waals surface area contributed by atoms with Crippen molar-refractivity contribution in [3.05, 3.63) is 98.4 Å². The summed E-state index contributed by atoms with van der Waals surface area (Å²) in [5.41, 5.74) is 0.127. The Balaban J connectivity index is 1.78. The first-order valence-corrected chi connectivity index (χ1v) is 10.3. The number of aryl methyl sites for hydroxylation is 2. The van der Waals surface area contributed by atoms with Crippen molar-refractivity contribution in [1.82, 2.24) is 0 Å². The molecule has 5 nitrogen and oxygen atoms in total. The maximum Gasteiger partial charge on any atom is 0.453 e. The summed E-state index contributed by atoms with van der Waals surface area (Å²) in [6, 6.07) is 14.5. The number of esters is 1. The molecule has 0 aliphatic heterocycles. The predicted octanol–water partition coefficient (Wildman–Crippen LogP) is 7.09. The van der Waals surface area contributed by atoms with Crippen LogP contribution in [0.3, 0.4) is 0 Å². The Kier molecular flexibility index (Phi) is 6.10. The molecule has 0 aliphatic rings. The molecule has 0 saturated carbocycles. The zero-order valence-corrected chi connectivity index (χ0v) is 18.6. The SMILES string of the molecule is Cc1cc(C)cc(Oc2c(C(F)(F)F)oc3cc(OC(=O)c4ccccc4Cl)ccc3c2=O)c1. The van der Waals surface area contributed by atoms with Gasteiger partial charge in [0.05, 0.1) is 16.0 Å². The topological polar surface area (TPSA) is 65.7 Å². The van der Waals surface area contributed by atoms with E-state index in [1.54, 1.807) is 26.0 Å². The zero-order valence-electron chi connectivity index (χ0n) is 17.8. The fraction of sp³-hybridized carbons (Fsp3) is 0.120. The fourth-order valence-corrected chi connectivity index (χ4v) is 3.61. The quantitative estimate of drug-likeness (QED) is 0.226. The van der Waals surface area contributed by atoms with Crippen LogP contribution >= 0.6 is 11.6 Å². The molecule has 0 aliphatic carbocycles. The summed E-state index contributed by atoms with van der Waals surface area (Å²) in [6.45, 7) is 3.50. The second-order valence-electron chi connectivity index (χ2n) is 7.54. The second-order valence-corrected chi connectivity index (χ2v) is 7.95. The zero-order chi connectivity index (χ0) is 24.6. The van der Waals surface area contributed by atoms with Gasteiger partial charge in [-0.15, -0.1) is 0 Å². The number of hydrogen-bond donors (Lipinski definition) is 0. The van der Waals surface area contributed by atoms with Crippen molar-refractivity contribution in [2.24, 2.45) is 0 Å². The van der Waals surface area contributed by atoms with E-state index in [1.807, 2.05) is 6.07 Å². The molecule has 0 bridgehead atoms. The Hall–Kier alpha value is -3.78. The molecule has 0 saturated heterocycles. The number of fused-ring (bicyclic) bond motifs is 1. The van der Waals surface area contributed by atoms with Gasteiger partial charge in [-0.25, -0.2) is 4.79 Å². The Morgan fingerprint density at radius 1 is 0.941 bits per heavy atom. The van der Waals surface area contributed by atoms with E-state index in [0.29, 0.717) is 0 Å². The summed E-state index contributed by atoms with van der Waals surface area (Å²) < 4.78 is 57.0. The van der Waals surface area contributed by atoms with Crippen LogP contribution in [0.5, 0.6) is 17.2 Å². The van der Waals surface area contributed by atoms with Crippen LogP contribution in [0.4, 0.5) is 13.2 Å². The van der Waals surface area contributed by atoms with Crippen molar-refractivity contribution in [3.63, 3.8) is 0 Å². The third-order valence-corrected chi connectivity index (χ3v) is 5.13. The van der Waals surface area contributed by atoms with Gasteiger partial charge in [0.1, 0.15) is 17.1 Å². The van der Waals surface area contributed by atoms with Crippen LogP contribution in [0, 0.1) is 13.8 Å². The van der Waals surface area contributed by atoms with Gasteiger partial charge in [-0.3, -0.25) is 4.79 Å².